The van der Waals surface area contributed by atoms with E-state index in [9.17, 15) is 9.59 Å². The van der Waals surface area contributed by atoms with Gasteiger partial charge < -0.3 is 16.0 Å². The van der Waals surface area contributed by atoms with Crippen LogP contribution in [-0.2, 0) is 11.2 Å². The molecule has 2 amide bonds. The molecule has 2 heterocycles. The first-order valence-electron chi connectivity index (χ1n) is 11.4. The van der Waals surface area contributed by atoms with Crippen molar-refractivity contribution < 1.29 is 9.59 Å². The predicted molar refractivity (Wildman–Crippen MR) is 139 cm³/mol. The Kier molecular flexibility index (Phi) is 7.47. The minimum atomic E-state index is -0.137. The van der Waals surface area contributed by atoms with Crippen molar-refractivity contribution in [3.05, 3.63) is 102 Å². The van der Waals surface area contributed by atoms with Crippen molar-refractivity contribution in [1.82, 2.24) is 15.3 Å². The Morgan fingerprint density at radius 3 is 2.46 bits per heavy atom. The first-order chi connectivity index (χ1) is 17.0. The third-order valence-electron chi connectivity index (χ3n) is 5.38. The van der Waals surface area contributed by atoms with Gasteiger partial charge in [-0.05, 0) is 61.0 Å². The Balaban J connectivity index is 1.44. The number of pyridine rings is 2. The number of nitrogens with zero attached hydrogens (tertiary/aromatic N) is 2. The van der Waals surface area contributed by atoms with Gasteiger partial charge in [0, 0.05) is 54.3 Å². The predicted octanol–water partition coefficient (Wildman–Crippen LogP) is 5.13. The maximum atomic E-state index is 12.6. The minimum Gasteiger partial charge on any atom is -0.352 e. The summed E-state index contributed by atoms with van der Waals surface area (Å²) in [6, 6.07) is 24.6. The maximum Gasteiger partial charge on any atom is 0.251 e. The van der Waals surface area contributed by atoms with Gasteiger partial charge in [0.2, 0.25) is 5.91 Å². The quantitative estimate of drug-likeness (QED) is 0.335. The van der Waals surface area contributed by atoms with Crippen LogP contribution in [0.2, 0.25) is 0 Å². The average molecular weight is 466 g/mol. The number of amides is 2. The van der Waals surface area contributed by atoms with Crippen LogP contribution in [0.15, 0.2) is 85.1 Å². The van der Waals surface area contributed by atoms with Gasteiger partial charge in [-0.25, -0.2) is 4.98 Å². The second-order valence-electron chi connectivity index (χ2n) is 8.15. The van der Waals surface area contributed by atoms with Crippen molar-refractivity contribution >= 4 is 29.0 Å². The van der Waals surface area contributed by atoms with E-state index in [1.165, 1.54) is 6.92 Å². The van der Waals surface area contributed by atoms with Gasteiger partial charge in [-0.3, -0.25) is 14.6 Å². The van der Waals surface area contributed by atoms with Crippen LogP contribution in [0.25, 0.3) is 11.3 Å². The van der Waals surface area contributed by atoms with Gasteiger partial charge in [-0.2, -0.15) is 0 Å². The first kappa shape index (κ1) is 23.6. The minimum absolute atomic E-state index is 0.109. The summed E-state index contributed by atoms with van der Waals surface area (Å²) in [5.74, 6) is 0.463. The molecule has 7 heteroatoms. The molecule has 0 saturated carbocycles. The number of rotatable bonds is 8. The summed E-state index contributed by atoms with van der Waals surface area (Å²) in [7, 11) is 0. The second-order valence-corrected chi connectivity index (χ2v) is 8.15. The number of hydrogen-bond acceptors (Lipinski definition) is 5. The number of aryl methyl sites for hydroxylation is 1. The molecule has 2 aromatic heterocycles. The van der Waals surface area contributed by atoms with Crippen molar-refractivity contribution in [2.24, 2.45) is 0 Å². The molecule has 3 N–H and O–H groups in total. The molecule has 7 nitrogen and oxygen atoms in total. The third-order valence-corrected chi connectivity index (χ3v) is 5.38. The summed E-state index contributed by atoms with van der Waals surface area (Å²) in [5.41, 5.74) is 5.73. The summed E-state index contributed by atoms with van der Waals surface area (Å²) in [5, 5.41) is 9.05. The van der Waals surface area contributed by atoms with Crippen molar-refractivity contribution in [2.45, 2.75) is 20.3 Å². The topological polar surface area (TPSA) is 96.0 Å². The molecule has 0 saturated heterocycles. The highest BCUT2D eigenvalue weighted by Crippen LogP contribution is 2.25. The molecule has 0 bridgehead atoms. The first-order valence-corrected chi connectivity index (χ1v) is 11.4. The largest absolute Gasteiger partial charge is 0.352 e. The zero-order valence-electron chi connectivity index (χ0n) is 19.7. The molecule has 0 aliphatic carbocycles. The lowest BCUT2D eigenvalue weighted by atomic mass is 10.1. The van der Waals surface area contributed by atoms with Gasteiger partial charge in [-0.1, -0.05) is 30.3 Å². The Morgan fingerprint density at radius 2 is 1.71 bits per heavy atom. The number of aromatic nitrogens is 2. The Hall–Kier alpha value is -4.52. The van der Waals surface area contributed by atoms with Crippen LogP contribution in [-0.4, -0.2) is 28.3 Å². The SMILES string of the molecule is CC(=O)Nc1ccc(-c2ccc(C)c(Nc3cccc(C(=O)NCCc4ccccn4)c3)n2)cc1. The lowest BCUT2D eigenvalue weighted by molar-refractivity contribution is -0.114. The molecule has 0 spiro atoms. The molecule has 0 fully saturated rings. The molecule has 2 aromatic carbocycles. The highest BCUT2D eigenvalue weighted by molar-refractivity contribution is 5.95. The fraction of sp³-hybridized carbons (Fsp3) is 0.143. The molecule has 35 heavy (non-hydrogen) atoms. The van der Waals surface area contributed by atoms with Gasteiger partial charge in [0.1, 0.15) is 5.82 Å². The summed E-state index contributed by atoms with van der Waals surface area (Å²) >= 11 is 0. The zero-order chi connectivity index (χ0) is 24.6. The lowest BCUT2D eigenvalue weighted by Crippen LogP contribution is -2.25. The van der Waals surface area contributed by atoms with Gasteiger partial charge in [0.25, 0.3) is 5.91 Å². The van der Waals surface area contributed by atoms with E-state index >= 15 is 0 Å². The fourth-order valence-corrected chi connectivity index (χ4v) is 3.57. The van der Waals surface area contributed by atoms with E-state index in [1.807, 2.05) is 79.7 Å². The summed E-state index contributed by atoms with van der Waals surface area (Å²) < 4.78 is 0. The highest BCUT2D eigenvalue weighted by atomic mass is 16.2. The van der Waals surface area contributed by atoms with E-state index in [0.717, 1.165) is 33.9 Å². The monoisotopic (exact) mass is 465 g/mol. The number of nitrogens with one attached hydrogen (secondary N) is 3. The van der Waals surface area contributed by atoms with Crippen LogP contribution < -0.4 is 16.0 Å². The Morgan fingerprint density at radius 1 is 0.886 bits per heavy atom. The van der Waals surface area contributed by atoms with Crippen molar-refractivity contribution in [3.63, 3.8) is 0 Å². The Labute approximate surface area is 204 Å². The number of benzene rings is 2. The van der Waals surface area contributed by atoms with Gasteiger partial charge in [0.05, 0.1) is 5.69 Å². The van der Waals surface area contributed by atoms with E-state index in [4.69, 9.17) is 4.98 Å². The normalized spacial score (nSPS) is 10.5. The van der Waals surface area contributed by atoms with Crippen LogP contribution in [0, 0.1) is 6.92 Å². The molecule has 0 radical (unpaired) electrons. The zero-order valence-corrected chi connectivity index (χ0v) is 19.7. The molecule has 0 unspecified atom stereocenters. The molecule has 0 aliphatic rings. The van der Waals surface area contributed by atoms with E-state index in [1.54, 1.807) is 12.3 Å². The molecule has 0 aliphatic heterocycles. The van der Waals surface area contributed by atoms with E-state index in [0.29, 0.717) is 24.3 Å². The van der Waals surface area contributed by atoms with Gasteiger partial charge in [0.15, 0.2) is 0 Å². The molecule has 4 aromatic rings. The van der Waals surface area contributed by atoms with E-state index in [-0.39, 0.29) is 11.8 Å². The number of carbonyl (C=O) groups is 2. The van der Waals surface area contributed by atoms with Crippen LogP contribution >= 0.6 is 0 Å². The van der Waals surface area contributed by atoms with Crippen LogP contribution in [0.5, 0.6) is 0 Å². The number of anilines is 3. The molecular weight excluding hydrogens is 438 g/mol. The lowest BCUT2D eigenvalue weighted by Gasteiger charge is -2.12. The average Bonchev–Trinajstić information content (AvgIpc) is 2.86. The smallest absolute Gasteiger partial charge is 0.251 e. The second kappa shape index (κ2) is 11.1. The fourth-order valence-electron chi connectivity index (χ4n) is 3.57. The van der Waals surface area contributed by atoms with Gasteiger partial charge >= 0.3 is 0 Å². The molecule has 4 rings (SSSR count). The van der Waals surface area contributed by atoms with Crippen molar-refractivity contribution in [3.8, 4) is 11.3 Å². The molecular formula is C28H27N5O2. The Bertz CT molecular complexity index is 1320. The maximum absolute atomic E-state index is 12.6. The van der Waals surface area contributed by atoms with E-state index < -0.39 is 0 Å². The molecule has 0 atom stereocenters. The van der Waals surface area contributed by atoms with Gasteiger partial charge in [-0.15, -0.1) is 0 Å². The van der Waals surface area contributed by atoms with Crippen molar-refractivity contribution in [2.75, 3.05) is 17.2 Å². The van der Waals surface area contributed by atoms with Crippen LogP contribution in [0.4, 0.5) is 17.2 Å². The van der Waals surface area contributed by atoms with Crippen LogP contribution in [0.3, 0.4) is 0 Å². The standard InChI is InChI=1S/C28H27N5O2/c1-19-9-14-26(21-10-12-24(13-11-21)31-20(2)34)33-27(19)32-25-8-5-6-22(18-25)28(35)30-17-15-23-7-3-4-16-29-23/h3-14,16,18H,15,17H2,1-2H3,(H,30,35)(H,31,34)(H,32,33). The number of carbonyl (C=O) groups excluding carboxylic acids is 2. The summed E-state index contributed by atoms with van der Waals surface area (Å²) in [6.45, 7) is 3.97. The molecule has 176 valence electrons. The number of hydrogen-bond donors (Lipinski definition) is 3. The third kappa shape index (κ3) is 6.51. The summed E-state index contributed by atoms with van der Waals surface area (Å²) in [4.78, 5) is 32.9. The van der Waals surface area contributed by atoms with Crippen molar-refractivity contribution in [1.29, 1.82) is 0 Å². The summed E-state index contributed by atoms with van der Waals surface area (Å²) in [6.07, 6.45) is 2.42. The van der Waals surface area contributed by atoms with Crippen LogP contribution in [0.1, 0.15) is 28.5 Å². The van der Waals surface area contributed by atoms with E-state index in [2.05, 4.69) is 20.9 Å². The highest BCUT2D eigenvalue weighted by Gasteiger charge is 2.09.